The molecule has 0 bridgehead atoms. The highest BCUT2D eigenvalue weighted by Gasteiger charge is 2.23. The molecule has 0 fully saturated rings. The molecule has 0 aromatic carbocycles. The average Bonchev–Trinajstić information content (AvgIpc) is 2.31. The molecule has 0 aliphatic heterocycles. The average molecular weight is 264 g/mol. The smallest absolute Gasteiger partial charge is 0.224 e. The van der Waals surface area contributed by atoms with Gasteiger partial charge in [-0.3, -0.25) is 9.59 Å². The van der Waals surface area contributed by atoms with Crippen LogP contribution in [0, 0.1) is 5.92 Å². The zero-order chi connectivity index (χ0) is 12.6. The number of nitrogens with one attached hydrogen (secondary N) is 2. The molecule has 0 aromatic heterocycles. The predicted octanol–water partition coefficient (Wildman–Crippen LogP) is 0.146. The molecule has 6 heteroatoms. The standard InChI is InChI=1S/C10H20N2O2S2/c1-3-12-8(6-16)9(13)4-7(5-15)10(14)11-2/h7-8,12,15-16H,3-6H2,1-2H3,(H,11,14)/t7-,8+/m0/s1. The summed E-state index contributed by atoms with van der Waals surface area (Å²) in [6, 6.07) is -0.277. The SMILES string of the molecule is CCN[C@H](CS)C(=O)C[C@@H](CS)C(=O)NC. The molecule has 94 valence electrons. The third-order valence-corrected chi connectivity index (χ3v) is 3.11. The van der Waals surface area contributed by atoms with E-state index in [1.54, 1.807) is 7.05 Å². The van der Waals surface area contributed by atoms with Gasteiger partial charge in [0.25, 0.3) is 0 Å². The van der Waals surface area contributed by atoms with Crippen LogP contribution in [0.5, 0.6) is 0 Å². The van der Waals surface area contributed by atoms with Gasteiger partial charge in [-0.2, -0.15) is 25.3 Å². The van der Waals surface area contributed by atoms with Crippen molar-refractivity contribution < 1.29 is 9.59 Å². The van der Waals surface area contributed by atoms with Crippen LogP contribution in [0.2, 0.25) is 0 Å². The first-order valence-corrected chi connectivity index (χ1v) is 6.56. The largest absolute Gasteiger partial charge is 0.359 e. The summed E-state index contributed by atoms with van der Waals surface area (Å²) < 4.78 is 0. The number of hydrogen-bond acceptors (Lipinski definition) is 5. The molecule has 0 spiro atoms. The molecule has 0 saturated carbocycles. The van der Waals surface area contributed by atoms with Gasteiger partial charge in [0.05, 0.1) is 12.0 Å². The maximum Gasteiger partial charge on any atom is 0.224 e. The zero-order valence-electron chi connectivity index (χ0n) is 9.69. The monoisotopic (exact) mass is 264 g/mol. The fourth-order valence-corrected chi connectivity index (χ4v) is 1.98. The first-order chi connectivity index (χ1) is 7.60. The molecule has 0 radical (unpaired) electrons. The molecule has 0 rings (SSSR count). The van der Waals surface area contributed by atoms with Gasteiger partial charge in [0, 0.05) is 25.0 Å². The second-order valence-corrected chi connectivity index (χ2v) is 4.19. The van der Waals surface area contributed by atoms with Crippen molar-refractivity contribution in [1.29, 1.82) is 0 Å². The van der Waals surface area contributed by atoms with Crippen molar-refractivity contribution >= 4 is 36.9 Å². The van der Waals surface area contributed by atoms with E-state index in [4.69, 9.17) is 0 Å². The highest BCUT2D eigenvalue weighted by Crippen LogP contribution is 2.09. The van der Waals surface area contributed by atoms with Crippen LogP contribution in [0.4, 0.5) is 0 Å². The lowest BCUT2D eigenvalue weighted by Gasteiger charge is -2.17. The summed E-state index contributed by atoms with van der Waals surface area (Å²) in [6.07, 6.45) is 0.210. The van der Waals surface area contributed by atoms with Crippen molar-refractivity contribution in [1.82, 2.24) is 10.6 Å². The summed E-state index contributed by atoms with van der Waals surface area (Å²) >= 11 is 8.19. The maximum absolute atomic E-state index is 11.8. The van der Waals surface area contributed by atoms with Gasteiger partial charge in [-0.25, -0.2) is 0 Å². The lowest BCUT2D eigenvalue weighted by atomic mass is 10.00. The molecule has 0 aromatic rings. The Bertz CT molecular complexity index is 237. The minimum atomic E-state index is -0.359. The maximum atomic E-state index is 11.8. The Labute approximate surface area is 108 Å². The highest BCUT2D eigenvalue weighted by atomic mass is 32.1. The molecule has 2 N–H and O–H groups in total. The number of carbonyl (C=O) groups is 2. The minimum absolute atomic E-state index is 0.0134. The van der Waals surface area contributed by atoms with Crippen LogP contribution in [0.1, 0.15) is 13.3 Å². The van der Waals surface area contributed by atoms with Gasteiger partial charge >= 0.3 is 0 Å². The second-order valence-electron chi connectivity index (χ2n) is 3.46. The number of amides is 1. The van der Waals surface area contributed by atoms with E-state index in [0.29, 0.717) is 18.1 Å². The quantitative estimate of drug-likeness (QED) is 0.472. The van der Waals surface area contributed by atoms with Crippen molar-refractivity contribution in [3.8, 4) is 0 Å². The first-order valence-electron chi connectivity index (χ1n) is 5.30. The number of ketones is 1. The molecule has 4 nitrogen and oxygen atoms in total. The van der Waals surface area contributed by atoms with Gasteiger partial charge in [-0.1, -0.05) is 6.92 Å². The number of hydrogen-bond donors (Lipinski definition) is 4. The molecule has 0 saturated heterocycles. The van der Waals surface area contributed by atoms with Crippen molar-refractivity contribution in [2.24, 2.45) is 5.92 Å². The van der Waals surface area contributed by atoms with E-state index in [-0.39, 0.29) is 30.1 Å². The molecule has 0 aliphatic rings. The summed E-state index contributed by atoms with van der Waals surface area (Å²) in [7, 11) is 1.56. The van der Waals surface area contributed by atoms with Crippen molar-refractivity contribution in [3.05, 3.63) is 0 Å². The van der Waals surface area contributed by atoms with Gasteiger partial charge in [0.2, 0.25) is 5.91 Å². The number of Topliss-reactive ketones (excluding diaryl/α,β-unsaturated/α-hetero) is 1. The van der Waals surface area contributed by atoms with E-state index >= 15 is 0 Å². The second kappa shape index (κ2) is 8.90. The molecule has 1 amide bonds. The number of carbonyl (C=O) groups excluding carboxylic acids is 2. The predicted molar refractivity (Wildman–Crippen MR) is 72.4 cm³/mol. The molecular weight excluding hydrogens is 244 g/mol. The molecular formula is C10H20N2O2S2. The van der Waals surface area contributed by atoms with Gasteiger partial charge < -0.3 is 10.6 Å². The number of rotatable bonds is 8. The van der Waals surface area contributed by atoms with Crippen LogP contribution >= 0.6 is 25.3 Å². The molecule has 0 heterocycles. The summed E-state index contributed by atoms with van der Waals surface area (Å²) in [5.74, 6) is 0.329. The van der Waals surface area contributed by atoms with Gasteiger partial charge in [0.1, 0.15) is 0 Å². The first kappa shape index (κ1) is 15.8. The third kappa shape index (κ3) is 5.23. The summed E-state index contributed by atoms with van der Waals surface area (Å²) in [5.41, 5.74) is 0. The lowest BCUT2D eigenvalue weighted by molar-refractivity contribution is -0.129. The van der Waals surface area contributed by atoms with Crippen molar-refractivity contribution in [2.75, 3.05) is 25.1 Å². The van der Waals surface area contributed by atoms with E-state index in [2.05, 4.69) is 35.9 Å². The van der Waals surface area contributed by atoms with Crippen molar-refractivity contribution in [2.45, 2.75) is 19.4 Å². The number of likely N-dealkylation sites (N-methyl/N-ethyl adjacent to an activating group) is 1. The van der Waals surface area contributed by atoms with Gasteiger partial charge in [-0.15, -0.1) is 0 Å². The van der Waals surface area contributed by atoms with Crippen molar-refractivity contribution in [3.63, 3.8) is 0 Å². The third-order valence-electron chi connectivity index (χ3n) is 2.31. The van der Waals surface area contributed by atoms with Crippen LogP contribution in [0.25, 0.3) is 0 Å². The van der Waals surface area contributed by atoms with Crippen LogP contribution in [0.15, 0.2) is 0 Å². The van der Waals surface area contributed by atoms with Crippen LogP contribution in [-0.4, -0.2) is 42.8 Å². The summed E-state index contributed by atoms with van der Waals surface area (Å²) in [6.45, 7) is 2.64. The Morgan fingerprint density at radius 1 is 1.25 bits per heavy atom. The van der Waals surface area contributed by atoms with E-state index in [0.717, 1.165) is 0 Å². The molecule has 2 atom stereocenters. The molecule has 0 unspecified atom stereocenters. The Morgan fingerprint density at radius 2 is 1.88 bits per heavy atom. The minimum Gasteiger partial charge on any atom is -0.359 e. The fourth-order valence-electron chi connectivity index (χ4n) is 1.36. The van der Waals surface area contributed by atoms with Crippen LogP contribution in [-0.2, 0) is 9.59 Å². The van der Waals surface area contributed by atoms with Crippen LogP contribution < -0.4 is 10.6 Å². The highest BCUT2D eigenvalue weighted by molar-refractivity contribution is 7.80. The van der Waals surface area contributed by atoms with Gasteiger partial charge in [0.15, 0.2) is 5.78 Å². The topological polar surface area (TPSA) is 58.2 Å². The number of thiol groups is 2. The van der Waals surface area contributed by atoms with Gasteiger partial charge in [-0.05, 0) is 6.54 Å². The van der Waals surface area contributed by atoms with E-state index in [9.17, 15) is 9.59 Å². The zero-order valence-corrected chi connectivity index (χ0v) is 11.5. The molecule has 16 heavy (non-hydrogen) atoms. The van der Waals surface area contributed by atoms with E-state index in [1.165, 1.54) is 0 Å². The summed E-state index contributed by atoms with van der Waals surface area (Å²) in [5, 5.41) is 5.57. The molecule has 0 aliphatic carbocycles. The van der Waals surface area contributed by atoms with E-state index < -0.39 is 0 Å². The lowest BCUT2D eigenvalue weighted by Crippen LogP contribution is -2.41. The van der Waals surface area contributed by atoms with Crippen LogP contribution in [0.3, 0.4) is 0 Å². The Hall–Kier alpha value is -0.200. The Kier molecular flexibility index (Phi) is 8.78. The fraction of sp³-hybridized carbons (Fsp3) is 0.800. The Balaban J connectivity index is 4.32. The summed E-state index contributed by atoms with van der Waals surface area (Å²) in [4.78, 5) is 23.2. The van der Waals surface area contributed by atoms with E-state index in [1.807, 2.05) is 6.92 Å². The normalized spacial score (nSPS) is 14.2. The Morgan fingerprint density at radius 3 is 2.25 bits per heavy atom.